The van der Waals surface area contributed by atoms with Gasteiger partial charge in [-0.05, 0) is 58.0 Å². The first-order valence-corrected chi connectivity index (χ1v) is 7.24. The molecule has 0 amide bonds. The van der Waals surface area contributed by atoms with E-state index in [0.29, 0.717) is 12.1 Å². The quantitative estimate of drug-likeness (QED) is 0.811. The minimum atomic E-state index is -0.191. The largest absolute Gasteiger partial charge is 0.300 e. The smallest absolute Gasteiger partial charge is 0.108 e. The third kappa shape index (κ3) is 2.48. The van der Waals surface area contributed by atoms with Gasteiger partial charge in [0.1, 0.15) is 5.54 Å². The van der Waals surface area contributed by atoms with Gasteiger partial charge in [-0.15, -0.1) is 0 Å². The fourth-order valence-electron chi connectivity index (χ4n) is 3.50. The van der Waals surface area contributed by atoms with Crippen molar-refractivity contribution in [3.05, 3.63) is 0 Å². The Morgan fingerprint density at radius 1 is 1.12 bits per heavy atom. The standard InChI is InChI=1S/C14H23N3/c15-11-14(16-12-4-5-12)7-6-13(10-14)17-8-2-1-3-9-17/h12-13,16H,1-10H2. The molecule has 0 spiro atoms. The van der Waals surface area contributed by atoms with E-state index in [1.165, 1.54) is 51.6 Å². The van der Waals surface area contributed by atoms with E-state index < -0.39 is 0 Å². The molecule has 1 saturated heterocycles. The number of hydrogen-bond donors (Lipinski definition) is 1. The molecular formula is C14H23N3. The van der Waals surface area contributed by atoms with Gasteiger partial charge in [-0.25, -0.2) is 0 Å². The van der Waals surface area contributed by atoms with E-state index in [9.17, 15) is 5.26 Å². The summed E-state index contributed by atoms with van der Waals surface area (Å²) in [5.74, 6) is 0. The van der Waals surface area contributed by atoms with Crippen LogP contribution in [0.2, 0.25) is 0 Å². The van der Waals surface area contributed by atoms with Crippen LogP contribution >= 0.6 is 0 Å². The average molecular weight is 233 g/mol. The second kappa shape index (κ2) is 4.59. The van der Waals surface area contributed by atoms with Crippen molar-refractivity contribution in [3.8, 4) is 6.07 Å². The first-order chi connectivity index (χ1) is 8.31. The number of nitrogens with one attached hydrogen (secondary N) is 1. The molecule has 1 aliphatic heterocycles. The van der Waals surface area contributed by atoms with E-state index in [-0.39, 0.29) is 5.54 Å². The lowest BCUT2D eigenvalue weighted by Gasteiger charge is -2.33. The molecule has 3 aliphatic rings. The molecule has 0 aromatic heterocycles. The van der Waals surface area contributed by atoms with Crippen LogP contribution in [0.25, 0.3) is 0 Å². The predicted octanol–water partition coefficient (Wildman–Crippen LogP) is 2.04. The average Bonchev–Trinajstić information content (AvgIpc) is 3.08. The Labute approximate surface area is 104 Å². The summed E-state index contributed by atoms with van der Waals surface area (Å²) >= 11 is 0. The van der Waals surface area contributed by atoms with E-state index >= 15 is 0 Å². The zero-order valence-corrected chi connectivity index (χ0v) is 10.6. The summed E-state index contributed by atoms with van der Waals surface area (Å²) in [6.07, 6.45) is 9.98. The van der Waals surface area contributed by atoms with Crippen LogP contribution in [0.15, 0.2) is 0 Å². The van der Waals surface area contributed by atoms with Crippen molar-refractivity contribution in [2.24, 2.45) is 0 Å². The summed E-state index contributed by atoms with van der Waals surface area (Å²) in [6.45, 7) is 2.52. The minimum Gasteiger partial charge on any atom is -0.300 e. The minimum absolute atomic E-state index is 0.191. The fraction of sp³-hybridized carbons (Fsp3) is 0.929. The zero-order chi connectivity index (χ0) is 11.7. The molecule has 3 fully saturated rings. The van der Waals surface area contributed by atoms with Crippen LogP contribution in [0, 0.1) is 11.3 Å². The second-order valence-corrected chi connectivity index (χ2v) is 6.11. The summed E-state index contributed by atoms with van der Waals surface area (Å²) in [5.41, 5.74) is -0.191. The SMILES string of the molecule is N#CC1(NC2CC2)CCC(N2CCCCC2)C1. The highest BCUT2D eigenvalue weighted by Crippen LogP contribution is 2.36. The van der Waals surface area contributed by atoms with Gasteiger partial charge in [0.25, 0.3) is 0 Å². The molecule has 2 unspecified atom stereocenters. The van der Waals surface area contributed by atoms with E-state index in [0.717, 1.165) is 12.8 Å². The summed E-state index contributed by atoms with van der Waals surface area (Å²) in [7, 11) is 0. The molecule has 1 heterocycles. The van der Waals surface area contributed by atoms with Crippen molar-refractivity contribution in [2.45, 2.75) is 69.0 Å². The van der Waals surface area contributed by atoms with Crippen molar-refractivity contribution in [2.75, 3.05) is 13.1 Å². The molecule has 3 heteroatoms. The zero-order valence-electron chi connectivity index (χ0n) is 10.6. The number of hydrogen-bond acceptors (Lipinski definition) is 3. The molecule has 2 atom stereocenters. The normalized spacial score (nSPS) is 39.1. The summed E-state index contributed by atoms with van der Waals surface area (Å²) < 4.78 is 0. The number of rotatable bonds is 3. The van der Waals surface area contributed by atoms with Gasteiger partial charge in [0.2, 0.25) is 0 Å². The maximum absolute atomic E-state index is 9.48. The number of nitriles is 1. The third-order valence-corrected chi connectivity index (χ3v) is 4.67. The van der Waals surface area contributed by atoms with Gasteiger partial charge in [-0.3, -0.25) is 5.32 Å². The monoisotopic (exact) mass is 233 g/mol. The molecule has 2 saturated carbocycles. The van der Waals surface area contributed by atoms with Crippen molar-refractivity contribution in [1.29, 1.82) is 5.26 Å². The number of nitrogens with zero attached hydrogens (tertiary/aromatic N) is 2. The lowest BCUT2D eigenvalue weighted by molar-refractivity contribution is 0.160. The van der Waals surface area contributed by atoms with Crippen LogP contribution < -0.4 is 5.32 Å². The van der Waals surface area contributed by atoms with Crippen molar-refractivity contribution >= 4 is 0 Å². The predicted molar refractivity (Wildman–Crippen MR) is 67.6 cm³/mol. The molecule has 0 radical (unpaired) electrons. The van der Waals surface area contributed by atoms with Gasteiger partial charge >= 0.3 is 0 Å². The highest BCUT2D eigenvalue weighted by molar-refractivity contribution is 5.15. The van der Waals surface area contributed by atoms with E-state index in [1.807, 2.05) is 0 Å². The van der Waals surface area contributed by atoms with Crippen molar-refractivity contribution < 1.29 is 0 Å². The molecule has 0 aromatic rings. The Kier molecular flexibility index (Phi) is 3.10. The lowest BCUT2D eigenvalue weighted by atomic mass is 9.98. The van der Waals surface area contributed by atoms with Gasteiger partial charge in [-0.1, -0.05) is 6.42 Å². The Bertz CT molecular complexity index is 312. The highest BCUT2D eigenvalue weighted by Gasteiger charge is 2.44. The topological polar surface area (TPSA) is 39.1 Å². The van der Waals surface area contributed by atoms with Crippen LogP contribution in [0.5, 0.6) is 0 Å². The highest BCUT2D eigenvalue weighted by atomic mass is 15.2. The van der Waals surface area contributed by atoms with E-state index in [2.05, 4.69) is 16.3 Å². The maximum Gasteiger partial charge on any atom is 0.108 e. The van der Waals surface area contributed by atoms with Gasteiger partial charge in [-0.2, -0.15) is 5.26 Å². The second-order valence-electron chi connectivity index (χ2n) is 6.11. The fourth-order valence-corrected chi connectivity index (χ4v) is 3.50. The Morgan fingerprint density at radius 2 is 1.88 bits per heavy atom. The van der Waals surface area contributed by atoms with Crippen molar-refractivity contribution in [1.82, 2.24) is 10.2 Å². The van der Waals surface area contributed by atoms with Gasteiger partial charge in [0.05, 0.1) is 6.07 Å². The number of piperidine rings is 1. The first kappa shape index (κ1) is 11.5. The Hall–Kier alpha value is -0.590. The molecular weight excluding hydrogens is 210 g/mol. The van der Waals surface area contributed by atoms with Crippen molar-refractivity contribution in [3.63, 3.8) is 0 Å². The summed E-state index contributed by atoms with van der Waals surface area (Å²) in [6, 6.07) is 3.90. The van der Waals surface area contributed by atoms with Crippen LogP contribution in [0.4, 0.5) is 0 Å². The molecule has 3 rings (SSSR count). The maximum atomic E-state index is 9.48. The van der Waals surface area contributed by atoms with Gasteiger partial charge < -0.3 is 4.90 Å². The van der Waals surface area contributed by atoms with Gasteiger partial charge in [0.15, 0.2) is 0 Å². The molecule has 0 bridgehead atoms. The molecule has 3 nitrogen and oxygen atoms in total. The van der Waals surface area contributed by atoms with E-state index in [1.54, 1.807) is 0 Å². The Morgan fingerprint density at radius 3 is 2.53 bits per heavy atom. The summed E-state index contributed by atoms with van der Waals surface area (Å²) in [4.78, 5) is 2.64. The van der Waals surface area contributed by atoms with Crippen LogP contribution in [0.1, 0.15) is 51.4 Å². The lowest BCUT2D eigenvalue weighted by Crippen LogP contribution is -2.45. The van der Waals surface area contributed by atoms with Crippen LogP contribution in [-0.2, 0) is 0 Å². The molecule has 94 valence electrons. The van der Waals surface area contributed by atoms with Gasteiger partial charge in [0, 0.05) is 12.1 Å². The molecule has 17 heavy (non-hydrogen) atoms. The first-order valence-electron chi connectivity index (χ1n) is 7.24. The molecule has 1 N–H and O–H groups in total. The molecule has 2 aliphatic carbocycles. The molecule has 0 aromatic carbocycles. The van der Waals surface area contributed by atoms with Crippen LogP contribution in [0.3, 0.4) is 0 Å². The number of likely N-dealkylation sites (tertiary alicyclic amines) is 1. The van der Waals surface area contributed by atoms with Crippen LogP contribution in [-0.4, -0.2) is 35.6 Å². The Balaban J connectivity index is 1.60. The summed E-state index contributed by atoms with van der Waals surface area (Å²) in [5, 5.41) is 13.1. The third-order valence-electron chi connectivity index (χ3n) is 4.67. The van der Waals surface area contributed by atoms with E-state index in [4.69, 9.17) is 0 Å².